The standard InChI is InChI=1S/C12H18F3NO3S/c13-12(14,15)10-7-20(18,19)6-9(10)11(17)16-8-4-2-1-3-5-8/h8-10H,1-7H2,(H,16,17). The van der Waals surface area contributed by atoms with Gasteiger partial charge < -0.3 is 5.32 Å². The van der Waals surface area contributed by atoms with E-state index in [0.717, 1.165) is 32.1 Å². The molecule has 0 bridgehead atoms. The molecule has 8 heteroatoms. The third kappa shape index (κ3) is 3.65. The molecule has 0 aromatic rings. The third-order valence-electron chi connectivity index (χ3n) is 4.06. The molecule has 1 aliphatic heterocycles. The lowest BCUT2D eigenvalue weighted by atomic mass is 9.92. The SMILES string of the molecule is O=C(NC1CCCCC1)C1CS(=O)(=O)CC1C(F)(F)F. The number of sulfone groups is 1. The highest BCUT2D eigenvalue weighted by Gasteiger charge is 2.55. The van der Waals surface area contributed by atoms with E-state index < -0.39 is 45.3 Å². The highest BCUT2D eigenvalue weighted by molar-refractivity contribution is 7.91. The van der Waals surface area contributed by atoms with Crippen LogP contribution in [0.1, 0.15) is 32.1 Å². The minimum absolute atomic E-state index is 0.117. The molecule has 0 radical (unpaired) electrons. The molecule has 2 unspecified atom stereocenters. The Hall–Kier alpha value is -0.790. The van der Waals surface area contributed by atoms with E-state index in [4.69, 9.17) is 0 Å². The van der Waals surface area contributed by atoms with Crippen molar-refractivity contribution in [2.24, 2.45) is 11.8 Å². The Morgan fingerprint density at radius 3 is 2.20 bits per heavy atom. The topological polar surface area (TPSA) is 63.2 Å². The van der Waals surface area contributed by atoms with E-state index in [2.05, 4.69) is 5.32 Å². The van der Waals surface area contributed by atoms with Crippen molar-refractivity contribution in [1.82, 2.24) is 5.32 Å². The van der Waals surface area contributed by atoms with E-state index in [1.54, 1.807) is 0 Å². The monoisotopic (exact) mass is 313 g/mol. The summed E-state index contributed by atoms with van der Waals surface area (Å²) in [6, 6.07) is -0.117. The Morgan fingerprint density at radius 2 is 1.65 bits per heavy atom. The number of rotatable bonds is 2. The molecule has 2 rings (SSSR count). The van der Waals surface area contributed by atoms with Gasteiger partial charge in [-0.3, -0.25) is 4.79 Å². The molecule has 1 heterocycles. The van der Waals surface area contributed by atoms with Crippen molar-refractivity contribution in [3.05, 3.63) is 0 Å². The highest BCUT2D eigenvalue weighted by atomic mass is 32.2. The predicted molar refractivity (Wildman–Crippen MR) is 66.7 cm³/mol. The van der Waals surface area contributed by atoms with Gasteiger partial charge in [0.1, 0.15) is 0 Å². The van der Waals surface area contributed by atoms with Crippen molar-refractivity contribution in [3.63, 3.8) is 0 Å². The Balaban J connectivity index is 2.06. The largest absolute Gasteiger partial charge is 0.393 e. The summed E-state index contributed by atoms with van der Waals surface area (Å²) in [5.41, 5.74) is 0. The first-order valence-corrected chi connectivity index (χ1v) is 8.59. The van der Waals surface area contributed by atoms with Gasteiger partial charge in [-0.05, 0) is 12.8 Å². The maximum atomic E-state index is 12.8. The molecule has 116 valence electrons. The lowest BCUT2D eigenvalue weighted by molar-refractivity contribution is -0.181. The molecule has 4 nitrogen and oxygen atoms in total. The number of amides is 1. The van der Waals surface area contributed by atoms with E-state index in [1.807, 2.05) is 0 Å². The molecular formula is C12H18F3NO3S. The first kappa shape index (κ1) is 15.6. The fraction of sp³-hybridized carbons (Fsp3) is 0.917. The number of alkyl halides is 3. The average Bonchev–Trinajstić information content (AvgIpc) is 2.67. The van der Waals surface area contributed by atoms with Crippen molar-refractivity contribution in [3.8, 4) is 0 Å². The van der Waals surface area contributed by atoms with Crippen molar-refractivity contribution in [1.29, 1.82) is 0 Å². The molecule has 0 spiro atoms. The molecule has 1 saturated carbocycles. The van der Waals surface area contributed by atoms with E-state index in [1.165, 1.54) is 0 Å². The molecule has 1 amide bonds. The molecule has 0 aromatic carbocycles. The zero-order valence-electron chi connectivity index (χ0n) is 10.9. The maximum Gasteiger partial charge on any atom is 0.393 e. The summed E-state index contributed by atoms with van der Waals surface area (Å²) in [6.07, 6.45) is -0.204. The van der Waals surface area contributed by atoms with Gasteiger partial charge >= 0.3 is 6.18 Å². The van der Waals surface area contributed by atoms with Gasteiger partial charge in [0.15, 0.2) is 9.84 Å². The summed E-state index contributed by atoms with van der Waals surface area (Å²) in [5.74, 6) is -6.01. The number of nitrogens with one attached hydrogen (secondary N) is 1. The lowest BCUT2D eigenvalue weighted by Gasteiger charge is -2.26. The Bertz CT molecular complexity index is 469. The van der Waals surface area contributed by atoms with E-state index >= 15 is 0 Å². The fourth-order valence-electron chi connectivity index (χ4n) is 2.98. The second kappa shape index (κ2) is 5.54. The van der Waals surface area contributed by atoms with Crippen LogP contribution in [0.25, 0.3) is 0 Å². The Kier molecular flexibility index (Phi) is 4.32. The maximum absolute atomic E-state index is 12.8. The molecule has 20 heavy (non-hydrogen) atoms. The van der Waals surface area contributed by atoms with Crippen LogP contribution in [0.15, 0.2) is 0 Å². The predicted octanol–water partition coefficient (Wildman–Crippen LogP) is 1.66. The highest BCUT2D eigenvalue weighted by Crippen LogP contribution is 2.39. The molecule has 2 aliphatic rings. The zero-order valence-corrected chi connectivity index (χ0v) is 11.8. The summed E-state index contributed by atoms with van der Waals surface area (Å²) < 4.78 is 61.4. The molecule has 1 N–H and O–H groups in total. The van der Waals surface area contributed by atoms with Crippen molar-refractivity contribution in [2.75, 3.05) is 11.5 Å². The molecule has 1 aliphatic carbocycles. The van der Waals surface area contributed by atoms with E-state index in [-0.39, 0.29) is 6.04 Å². The number of hydrogen-bond acceptors (Lipinski definition) is 3. The van der Waals surface area contributed by atoms with Gasteiger partial charge in [-0.1, -0.05) is 19.3 Å². The van der Waals surface area contributed by atoms with Crippen molar-refractivity contribution in [2.45, 2.75) is 44.3 Å². The van der Waals surface area contributed by atoms with Crippen LogP contribution in [0.2, 0.25) is 0 Å². The van der Waals surface area contributed by atoms with Crippen LogP contribution in [-0.4, -0.2) is 38.0 Å². The van der Waals surface area contributed by atoms with Crippen LogP contribution >= 0.6 is 0 Å². The molecular weight excluding hydrogens is 295 g/mol. The van der Waals surface area contributed by atoms with Gasteiger partial charge in [-0.25, -0.2) is 8.42 Å². The Morgan fingerprint density at radius 1 is 1.05 bits per heavy atom. The summed E-state index contributed by atoms with van der Waals surface area (Å²) in [5, 5.41) is 2.60. The fourth-order valence-corrected chi connectivity index (χ4v) is 5.02. The van der Waals surface area contributed by atoms with Crippen LogP contribution in [0, 0.1) is 11.8 Å². The normalized spacial score (nSPS) is 31.1. The molecule has 1 saturated heterocycles. The van der Waals surface area contributed by atoms with Crippen LogP contribution in [-0.2, 0) is 14.6 Å². The van der Waals surface area contributed by atoms with Gasteiger partial charge in [0.25, 0.3) is 0 Å². The number of carbonyl (C=O) groups excluding carboxylic acids is 1. The first-order chi connectivity index (χ1) is 9.19. The van der Waals surface area contributed by atoms with Crippen LogP contribution < -0.4 is 5.32 Å². The van der Waals surface area contributed by atoms with Crippen molar-refractivity contribution >= 4 is 15.7 Å². The lowest BCUT2D eigenvalue weighted by Crippen LogP contribution is -2.44. The van der Waals surface area contributed by atoms with Gasteiger partial charge in [0, 0.05) is 6.04 Å². The molecule has 2 atom stereocenters. The average molecular weight is 313 g/mol. The summed E-state index contributed by atoms with van der Waals surface area (Å²) in [4.78, 5) is 12.0. The zero-order chi connectivity index (χ0) is 15.0. The smallest absolute Gasteiger partial charge is 0.353 e. The second-order valence-electron chi connectivity index (χ2n) is 5.68. The van der Waals surface area contributed by atoms with E-state index in [0.29, 0.717) is 0 Å². The van der Waals surface area contributed by atoms with Crippen LogP contribution in [0.5, 0.6) is 0 Å². The summed E-state index contributed by atoms with van der Waals surface area (Å²) >= 11 is 0. The van der Waals surface area contributed by atoms with Gasteiger partial charge in [-0.15, -0.1) is 0 Å². The minimum atomic E-state index is -4.65. The summed E-state index contributed by atoms with van der Waals surface area (Å²) in [6.45, 7) is 0. The number of carbonyl (C=O) groups is 1. The molecule has 2 fully saturated rings. The van der Waals surface area contributed by atoms with Crippen molar-refractivity contribution < 1.29 is 26.4 Å². The van der Waals surface area contributed by atoms with Gasteiger partial charge in [0.05, 0.1) is 23.3 Å². The minimum Gasteiger partial charge on any atom is -0.353 e. The first-order valence-electron chi connectivity index (χ1n) is 6.76. The van der Waals surface area contributed by atoms with Crippen LogP contribution in [0.4, 0.5) is 13.2 Å². The summed E-state index contributed by atoms with van der Waals surface area (Å²) in [7, 11) is -3.79. The van der Waals surface area contributed by atoms with E-state index in [9.17, 15) is 26.4 Å². The number of hydrogen-bond donors (Lipinski definition) is 1. The van der Waals surface area contributed by atoms with Gasteiger partial charge in [-0.2, -0.15) is 13.2 Å². The van der Waals surface area contributed by atoms with Crippen LogP contribution in [0.3, 0.4) is 0 Å². The molecule has 0 aromatic heterocycles. The van der Waals surface area contributed by atoms with Gasteiger partial charge in [0.2, 0.25) is 5.91 Å². The third-order valence-corrected chi connectivity index (χ3v) is 5.80. The Labute approximate surface area is 116 Å². The quantitative estimate of drug-likeness (QED) is 0.843. The second-order valence-corrected chi connectivity index (χ2v) is 7.83. The number of halogens is 3.